The van der Waals surface area contributed by atoms with Crippen molar-refractivity contribution in [1.29, 1.82) is 0 Å². The van der Waals surface area contributed by atoms with Crippen LogP contribution in [0.3, 0.4) is 0 Å². The summed E-state index contributed by atoms with van der Waals surface area (Å²) in [7, 11) is 0. The Balaban J connectivity index is 1.49. The first-order valence-corrected chi connectivity index (χ1v) is 9.98. The number of aromatic nitrogens is 2. The lowest BCUT2D eigenvalue weighted by molar-refractivity contribution is -0.122. The Labute approximate surface area is 170 Å². The SMILES string of the molecule is C[C@H](Oc1ccccc1)C(=O)Nc1nc2ccccc2n1CCN1CCOCC1. The smallest absolute Gasteiger partial charge is 0.267 e. The fourth-order valence-corrected chi connectivity index (χ4v) is 3.43. The molecular formula is C22H26N4O3. The first-order chi connectivity index (χ1) is 14.2. The van der Waals surface area contributed by atoms with Gasteiger partial charge in [0.05, 0.1) is 24.2 Å². The third kappa shape index (κ3) is 4.75. The Morgan fingerprint density at radius 2 is 1.83 bits per heavy atom. The third-order valence-corrected chi connectivity index (χ3v) is 5.06. The van der Waals surface area contributed by atoms with Crippen molar-refractivity contribution in [1.82, 2.24) is 14.5 Å². The summed E-state index contributed by atoms with van der Waals surface area (Å²) >= 11 is 0. The van der Waals surface area contributed by atoms with Crippen molar-refractivity contribution in [2.24, 2.45) is 0 Å². The molecule has 0 unspecified atom stereocenters. The van der Waals surface area contributed by atoms with Gasteiger partial charge >= 0.3 is 0 Å². The summed E-state index contributed by atoms with van der Waals surface area (Å²) < 4.78 is 13.2. The molecule has 7 heteroatoms. The van der Waals surface area contributed by atoms with E-state index >= 15 is 0 Å². The van der Waals surface area contributed by atoms with Crippen molar-refractivity contribution >= 4 is 22.9 Å². The number of fused-ring (bicyclic) bond motifs is 1. The summed E-state index contributed by atoms with van der Waals surface area (Å²) in [6.45, 7) is 6.74. The summed E-state index contributed by atoms with van der Waals surface area (Å²) in [5.74, 6) is 0.987. The molecule has 0 saturated carbocycles. The van der Waals surface area contributed by atoms with E-state index in [0.29, 0.717) is 11.7 Å². The zero-order valence-electron chi connectivity index (χ0n) is 16.6. The fourth-order valence-electron chi connectivity index (χ4n) is 3.43. The Hall–Kier alpha value is -2.90. The normalized spacial score (nSPS) is 15.9. The molecular weight excluding hydrogens is 368 g/mol. The topological polar surface area (TPSA) is 68.6 Å². The van der Waals surface area contributed by atoms with Gasteiger partial charge in [-0.1, -0.05) is 30.3 Å². The number of imidazole rings is 1. The van der Waals surface area contributed by atoms with E-state index in [1.165, 1.54) is 0 Å². The zero-order chi connectivity index (χ0) is 20.1. The minimum Gasteiger partial charge on any atom is -0.481 e. The summed E-state index contributed by atoms with van der Waals surface area (Å²) in [4.78, 5) is 19.7. The van der Waals surface area contributed by atoms with Crippen molar-refractivity contribution in [2.45, 2.75) is 19.6 Å². The number of ether oxygens (including phenoxy) is 2. The number of carbonyl (C=O) groups is 1. The van der Waals surface area contributed by atoms with Crippen LogP contribution in [0, 0.1) is 0 Å². The van der Waals surface area contributed by atoms with Crippen LogP contribution in [0.1, 0.15) is 6.92 Å². The first kappa shape index (κ1) is 19.4. The number of nitrogens with one attached hydrogen (secondary N) is 1. The maximum Gasteiger partial charge on any atom is 0.267 e. The van der Waals surface area contributed by atoms with E-state index in [1.54, 1.807) is 6.92 Å². The van der Waals surface area contributed by atoms with Gasteiger partial charge < -0.3 is 14.0 Å². The maximum atomic E-state index is 12.7. The average Bonchev–Trinajstić information content (AvgIpc) is 3.10. The van der Waals surface area contributed by atoms with E-state index in [9.17, 15) is 4.79 Å². The number of hydrogen-bond acceptors (Lipinski definition) is 5. The van der Waals surface area contributed by atoms with Crippen LogP contribution in [0.15, 0.2) is 54.6 Å². The maximum absolute atomic E-state index is 12.7. The monoisotopic (exact) mass is 394 g/mol. The molecule has 1 aliphatic heterocycles. The number of carbonyl (C=O) groups excluding carboxylic acids is 1. The molecule has 152 valence electrons. The number of hydrogen-bond donors (Lipinski definition) is 1. The van der Waals surface area contributed by atoms with E-state index in [1.807, 2.05) is 54.6 Å². The highest BCUT2D eigenvalue weighted by molar-refractivity contribution is 5.94. The Morgan fingerprint density at radius 1 is 1.10 bits per heavy atom. The van der Waals surface area contributed by atoms with Gasteiger partial charge in [-0.25, -0.2) is 4.98 Å². The van der Waals surface area contributed by atoms with E-state index < -0.39 is 6.10 Å². The minimum absolute atomic E-state index is 0.225. The van der Waals surface area contributed by atoms with Gasteiger partial charge in [-0.2, -0.15) is 0 Å². The highest BCUT2D eigenvalue weighted by Crippen LogP contribution is 2.20. The van der Waals surface area contributed by atoms with Gasteiger partial charge in [0.1, 0.15) is 5.75 Å². The van der Waals surface area contributed by atoms with Crippen molar-refractivity contribution in [3.63, 3.8) is 0 Å². The van der Waals surface area contributed by atoms with Crippen molar-refractivity contribution < 1.29 is 14.3 Å². The van der Waals surface area contributed by atoms with Crippen LogP contribution >= 0.6 is 0 Å². The molecule has 0 aliphatic carbocycles. The molecule has 0 spiro atoms. The number of rotatable bonds is 7. The van der Waals surface area contributed by atoms with Crippen LogP contribution in [0.25, 0.3) is 11.0 Å². The zero-order valence-corrected chi connectivity index (χ0v) is 16.6. The van der Waals surface area contributed by atoms with Gasteiger partial charge in [-0.05, 0) is 31.2 Å². The van der Waals surface area contributed by atoms with E-state index in [-0.39, 0.29) is 5.91 Å². The predicted molar refractivity (Wildman–Crippen MR) is 112 cm³/mol. The number of amides is 1. The highest BCUT2D eigenvalue weighted by atomic mass is 16.5. The Morgan fingerprint density at radius 3 is 2.62 bits per heavy atom. The number of anilines is 1. The molecule has 1 amide bonds. The van der Waals surface area contributed by atoms with Crippen molar-refractivity contribution in [3.8, 4) is 5.75 Å². The standard InChI is InChI=1S/C22H26N4O3/c1-17(29-18-7-3-2-4-8-18)21(27)24-22-23-19-9-5-6-10-20(19)26(22)12-11-25-13-15-28-16-14-25/h2-10,17H,11-16H2,1H3,(H,23,24,27)/t17-/m0/s1. The molecule has 1 aromatic heterocycles. The molecule has 1 fully saturated rings. The summed E-state index contributed by atoms with van der Waals surface area (Å²) in [6.07, 6.45) is -0.634. The average molecular weight is 394 g/mol. The van der Waals surface area contributed by atoms with E-state index in [2.05, 4.69) is 19.8 Å². The molecule has 2 aromatic carbocycles. The molecule has 29 heavy (non-hydrogen) atoms. The molecule has 1 atom stereocenters. The highest BCUT2D eigenvalue weighted by Gasteiger charge is 2.20. The van der Waals surface area contributed by atoms with Crippen molar-refractivity contribution in [3.05, 3.63) is 54.6 Å². The predicted octanol–water partition coefficient (Wildman–Crippen LogP) is 2.77. The van der Waals surface area contributed by atoms with Crippen LogP contribution in [-0.4, -0.2) is 59.3 Å². The number of morpholine rings is 1. The van der Waals surface area contributed by atoms with Gasteiger partial charge in [-0.15, -0.1) is 0 Å². The molecule has 3 aromatic rings. The van der Waals surface area contributed by atoms with Crippen molar-refractivity contribution in [2.75, 3.05) is 38.2 Å². The number of nitrogens with zero attached hydrogens (tertiary/aromatic N) is 3. The van der Waals surface area contributed by atoms with Crippen LogP contribution < -0.4 is 10.1 Å². The lowest BCUT2D eigenvalue weighted by Gasteiger charge is -2.27. The van der Waals surface area contributed by atoms with Crippen LogP contribution in [0.5, 0.6) is 5.75 Å². The molecule has 0 bridgehead atoms. The van der Waals surface area contributed by atoms with Gasteiger partial charge in [0.2, 0.25) is 5.95 Å². The van der Waals surface area contributed by atoms with E-state index in [0.717, 1.165) is 50.4 Å². The Bertz CT molecular complexity index is 951. The molecule has 7 nitrogen and oxygen atoms in total. The second kappa shape index (κ2) is 9.07. The largest absolute Gasteiger partial charge is 0.481 e. The van der Waals surface area contributed by atoms with Crippen LogP contribution in [-0.2, 0) is 16.1 Å². The van der Waals surface area contributed by atoms with Gasteiger partial charge in [0.25, 0.3) is 5.91 Å². The molecule has 2 heterocycles. The molecule has 1 N–H and O–H groups in total. The second-order valence-electron chi connectivity index (χ2n) is 7.09. The number of benzene rings is 2. The molecule has 4 rings (SSSR count). The second-order valence-corrected chi connectivity index (χ2v) is 7.09. The first-order valence-electron chi connectivity index (χ1n) is 9.98. The van der Waals surface area contributed by atoms with Gasteiger partial charge in [0.15, 0.2) is 6.10 Å². The molecule has 1 saturated heterocycles. The van der Waals surface area contributed by atoms with Gasteiger partial charge in [-0.3, -0.25) is 15.0 Å². The number of para-hydroxylation sites is 3. The molecule has 0 radical (unpaired) electrons. The minimum atomic E-state index is -0.634. The third-order valence-electron chi connectivity index (χ3n) is 5.06. The quantitative estimate of drug-likeness (QED) is 0.667. The fraction of sp³-hybridized carbons (Fsp3) is 0.364. The van der Waals surface area contributed by atoms with E-state index in [4.69, 9.17) is 9.47 Å². The lowest BCUT2D eigenvalue weighted by atomic mass is 10.3. The summed E-state index contributed by atoms with van der Waals surface area (Å²) in [5.41, 5.74) is 1.87. The van der Waals surface area contributed by atoms with Crippen LogP contribution in [0.2, 0.25) is 0 Å². The summed E-state index contributed by atoms with van der Waals surface area (Å²) in [6, 6.07) is 17.3. The lowest BCUT2D eigenvalue weighted by Crippen LogP contribution is -2.38. The summed E-state index contributed by atoms with van der Waals surface area (Å²) in [5, 5.41) is 2.95. The van der Waals surface area contributed by atoms with Crippen LogP contribution in [0.4, 0.5) is 5.95 Å². The molecule has 1 aliphatic rings. The Kier molecular flexibility index (Phi) is 6.07. The van der Waals surface area contributed by atoms with Gasteiger partial charge in [0, 0.05) is 26.2 Å².